The van der Waals surface area contributed by atoms with E-state index in [0.717, 1.165) is 0 Å². The summed E-state index contributed by atoms with van der Waals surface area (Å²) in [7, 11) is 1.52. The second kappa shape index (κ2) is 5.61. The number of para-hydroxylation sites is 2. The van der Waals surface area contributed by atoms with Gasteiger partial charge in [0.05, 0.1) is 23.8 Å². The second-order valence-corrected chi connectivity index (χ2v) is 5.18. The number of hydrogen-bond acceptors (Lipinski definition) is 3. The van der Waals surface area contributed by atoms with Crippen LogP contribution in [0, 0.1) is 6.92 Å². The van der Waals surface area contributed by atoms with Crippen LogP contribution in [0.2, 0.25) is 0 Å². The molecule has 1 amide bonds. The Hall–Kier alpha value is -3.08. The molecule has 2 N–H and O–H groups in total. The van der Waals surface area contributed by atoms with Gasteiger partial charge in [0.15, 0.2) is 0 Å². The number of hydrogen-bond donors (Lipinski definition) is 1. The molecule has 0 unspecified atom stereocenters. The predicted octanol–water partition coefficient (Wildman–Crippen LogP) is 2.75. The fourth-order valence-corrected chi connectivity index (χ4v) is 2.88. The molecule has 3 aromatic rings. The summed E-state index contributed by atoms with van der Waals surface area (Å²) in [6, 6.07) is 14.2. The molecule has 0 saturated carbocycles. The largest absolute Gasteiger partial charge is 0.496 e. The van der Waals surface area contributed by atoms with Gasteiger partial charge in [-0.15, -0.1) is 0 Å². The number of methoxy groups -OCH3 is 1. The van der Waals surface area contributed by atoms with E-state index in [1.165, 1.54) is 11.7 Å². The van der Waals surface area contributed by atoms with Crippen LogP contribution in [0.15, 0.2) is 48.5 Å². The van der Waals surface area contributed by atoms with Crippen LogP contribution >= 0.6 is 0 Å². The van der Waals surface area contributed by atoms with Gasteiger partial charge in [-0.25, -0.2) is 0 Å². The summed E-state index contributed by atoms with van der Waals surface area (Å²) in [6.07, 6.45) is 0. The first kappa shape index (κ1) is 14.8. The molecule has 116 valence electrons. The molecule has 3 rings (SSSR count). The fraction of sp³-hybridized carbons (Fsp3) is 0.111. The molecule has 0 aliphatic rings. The van der Waals surface area contributed by atoms with E-state index in [9.17, 15) is 9.59 Å². The van der Waals surface area contributed by atoms with Gasteiger partial charge >= 0.3 is 0 Å². The molecule has 0 fully saturated rings. The Morgan fingerprint density at radius 3 is 2.39 bits per heavy atom. The highest BCUT2D eigenvalue weighted by Gasteiger charge is 2.23. The normalized spacial score (nSPS) is 10.7. The SMILES string of the molecule is COc1ccccc1C(=O)n1c(C)c(C(N)=O)c2ccccc21. The average molecular weight is 308 g/mol. The topological polar surface area (TPSA) is 74.3 Å². The number of nitrogens with zero attached hydrogens (tertiary/aromatic N) is 1. The lowest BCUT2D eigenvalue weighted by Gasteiger charge is -2.10. The minimum absolute atomic E-state index is 0.261. The standard InChI is InChI=1S/C18H16N2O3/c1-11-16(17(19)21)12-7-3-5-9-14(12)20(11)18(22)13-8-4-6-10-15(13)23-2/h3-10H,1-2H3,(H2,19,21). The smallest absolute Gasteiger partial charge is 0.266 e. The number of aromatic nitrogens is 1. The van der Waals surface area contributed by atoms with Crippen molar-refractivity contribution in [1.82, 2.24) is 4.57 Å². The molecule has 0 radical (unpaired) electrons. The van der Waals surface area contributed by atoms with Gasteiger partial charge in [0.25, 0.3) is 11.8 Å². The molecule has 1 aromatic heterocycles. The Labute approximate surface area is 133 Å². The zero-order chi connectivity index (χ0) is 16.6. The van der Waals surface area contributed by atoms with E-state index in [4.69, 9.17) is 10.5 Å². The van der Waals surface area contributed by atoms with Crippen LogP contribution in [0.1, 0.15) is 26.4 Å². The van der Waals surface area contributed by atoms with Crippen LogP contribution in [-0.4, -0.2) is 23.5 Å². The number of amides is 1. The van der Waals surface area contributed by atoms with Gasteiger partial charge in [-0.2, -0.15) is 0 Å². The zero-order valence-corrected chi connectivity index (χ0v) is 12.9. The van der Waals surface area contributed by atoms with Crippen molar-refractivity contribution in [2.24, 2.45) is 5.73 Å². The van der Waals surface area contributed by atoms with Gasteiger partial charge in [-0.3, -0.25) is 14.2 Å². The summed E-state index contributed by atoms with van der Waals surface area (Å²) >= 11 is 0. The van der Waals surface area contributed by atoms with E-state index in [0.29, 0.717) is 33.5 Å². The molecule has 0 atom stereocenters. The van der Waals surface area contributed by atoms with E-state index in [-0.39, 0.29) is 5.91 Å². The Morgan fingerprint density at radius 1 is 1.04 bits per heavy atom. The number of primary amides is 1. The summed E-state index contributed by atoms with van der Waals surface area (Å²) < 4.78 is 6.78. The van der Waals surface area contributed by atoms with Crippen molar-refractivity contribution in [2.75, 3.05) is 7.11 Å². The molecule has 0 aliphatic carbocycles. The summed E-state index contributed by atoms with van der Waals surface area (Å²) in [4.78, 5) is 24.8. The Morgan fingerprint density at radius 2 is 1.70 bits per heavy atom. The summed E-state index contributed by atoms with van der Waals surface area (Å²) in [5, 5.41) is 0.667. The third-order valence-corrected chi connectivity index (χ3v) is 3.90. The minimum atomic E-state index is -0.551. The van der Waals surface area contributed by atoms with E-state index < -0.39 is 5.91 Å². The third-order valence-electron chi connectivity index (χ3n) is 3.90. The van der Waals surface area contributed by atoms with E-state index in [2.05, 4.69) is 0 Å². The maximum atomic E-state index is 13.0. The molecule has 0 aliphatic heterocycles. The first-order chi connectivity index (χ1) is 11.1. The van der Waals surface area contributed by atoms with Crippen molar-refractivity contribution in [1.29, 1.82) is 0 Å². The third kappa shape index (κ3) is 2.26. The van der Waals surface area contributed by atoms with Crippen molar-refractivity contribution < 1.29 is 14.3 Å². The fourth-order valence-electron chi connectivity index (χ4n) is 2.88. The molecule has 5 nitrogen and oxygen atoms in total. The van der Waals surface area contributed by atoms with Crippen molar-refractivity contribution in [3.63, 3.8) is 0 Å². The predicted molar refractivity (Wildman–Crippen MR) is 87.9 cm³/mol. The second-order valence-electron chi connectivity index (χ2n) is 5.18. The summed E-state index contributed by atoms with van der Waals surface area (Å²) in [5.41, 5.74) is 7.46. The molecule has 0 saturated heterocycles. The number of carbonyl (C=O) groups excluding carboxylic acids is 2. The van der Waals surface area contributed by atoms with E-state index >= 15 is 0 Å². The van der Waals surface area contributed by atoms with Gasteiger partial charge in [0.2, 0.25) is 0 Å². The monoisotopic (exact) mass is 308 g/mol. The Bertz CT molecular complexity index is 925. The minimum Gasteiger partial charge on any atom is -0.496 e. The van der Waals surface area contributed by atoms with Gasteiger partial charge in [0, 0.05) is 11.1 Å². The lowest BCUT2D eigenvalue weighted by Crippen LogP contribution is -2.17. The van der Waals surface area contributed by atoms with Gasteiger partial charge in [-0.05, 0) is 25.1 Å². The number of rotatable bonds is 3. The Kier molecular flexibility index (Phi) is 3.62. The number of carbonyl (C=O) groups is 2. The molecule has 0 bridgehead atoms. The quantitative estimate of drug-likeness (QED) is 0.808. The highest BCUT2D eigenvalue weighted by Crippen LogP contribution is 2.28. The van der Waals surface area contributed by atoms with E-state index in [1.54, 1.807) is 43.3 Å². The summed E-state index contributed by atoms with van der Waals surface area (Å²) in [5.74, 6) is -0.329. The molecule has 0 spiro atoms. The van der Waals surface area contributed by atoms with Gasteiger partial charge in [-0.1, -0.05) is 30.3 Å². The number of nitrogens with two attached hydrogens (primary N) is 1. The maximum absolute atomic E-state index is 13.0. The first-order valence-electron chi connectivity index (χ1n) is 7.13. The molecular formula is C18H16N2O3. The highest BCUT2D eigenvalue weighted by molar-refractivity contribution is 6.13. The van der Waals surface area contributed by atoms with Crippen molar-refractivity contribution in [3.8, 4) is 5.75 Å². The Balaban J connectivity index is 2.30. The van der Waals surface area contributed by atoms with Gasteiger partial charge < -0.3 is 10.5 Å². The van der Waals surface area contributed by atoms with Crippen molar-refractivity contribution in [2.45, 2.75) is 6.92 Å². The number of fused-ring (bicyclic) bond motifs is 1. The van der Waals surface area contributed by atoms with Crippen LogP contribution in [0.5, 0.6) is 5.75 Å². The lowest BCUT2D eigenvalue weighted by molar-refractivity contribution is 0.0960. The lowest BCUT2D eigenvalue weighted by atomic mass is 10.1. The van der Waals surface area contributed by atoms with E-state index in [1.807, 2.05) is 12.1 Å². The van der Waals surface area contributed by atoms with Crippen LogP contribution in [0.3, 0.4) is 0 Å². The average Bonchev–Trinajstić information content (AvgIpc) is 2.86. The molecule has 2 aromatic carbocycles. The molecule has 5 heteroatoms. The first-order valence-corrected chi connectivity index (χ1v) is 7.13. The van der Waals surface area contributed by atoms with Gasteiger partial charge in [0.1, 0.15) is 5.75 Å². The summed E-state index contributed by atoms with van der Waals surface area (Å²) in [6.45, 7) is 1.72. The highest BCUT2D eigenvalue weighted by atomic mass is 16.5. The number of ether oxygens (including phenoxy) is 1. The van der Waals surface area contributed by atoms with Crippen LogP contribution in [0.4, 0.5) is 0 Å². The van der Waals surface area contributed by atoms with Crippen LogP contribution in [0.25, 0.3) is 10.9 Å². The maximum Gasteiger partial charge on any atom is 0.266 e. The van der Waals surface area contributed by atoms with Crippen molar-refractivity contribution >= 4 is 22.7 Å². The van der Waals surface area contributed by atoms with Crippen LogP contribution in [-0.2, 0) is 0 Å². The zero-order valence-electron chi connectivity index (χ0n) is 12.9. The number of benzene rings is 2. The van der Waals surface area contributed by atoms with Crippen molar-refractivity contribution in [3.05, 3.63) is 65.4 Å². The van der Waals surface area contributed by atoms with Crippen LogP contribution < -0.4 is 10.5 Å². The molecular weight excluding hydrogens is 292 g/mol. The molecule has 1 heterocycles. The molecule has 23 heavy (non-hydrogen) atoms.